The van der Waals surface area contributed by atoms with Crippen molar-refractivity contribution in [3.8, 4) is 0 Å². The predicted molar refractivity (Wildman–Crippen MR) is 198 cm³/mol. The number of rotatable bonds is 34. The Kier molecular flexibility index (Phi) is 30.3. The Morgan fingerprint density at radius 3 is 1.70 bits per heavy atom. The van der Waals surface area contributed by atoms with E-state index in [2.05, 4.69) is 31.3 Å². The van der Waals surface area contributed by atoms with Crippen molar-refractivity contribution < 1.29 is 32.9 Å². The van der Waals surface area contributed by atoms with Crippen molar-refractivity contribution in [2.45, 2.75) is 174 Å². The second kappa shape index (κ2) is 31.0. The highest BCUT2D eigenvalue weighted by Crippen LogP contribution is 2.43. The number of quaternary nitrogens is 1. The van der Waals surface area contributed by atoms with Crippen molar-refractivity contribution in [2.24, 2.45) is 0 Å². The lowest BCUT2D eigenvalue weighted by molar-refractivity contribution is -0.870. The number of hydrogen-bond acceptors (Lipinski definition) is 5. The summed E-state index contributed by atoms with van der Waals surface area (Å²) in [6, 6.07) is -0.845. The Balaban J connectivity index is 4.55. The van der Waals surface area contributed by atoms with Crippen LogP contribution in [0.5, 0.6) is 0 Å². The molecule has 0 aromatic rings. The normalized spacial score (nSPS) is 15.0. The highest BCUT2D eigenvalue weighted by Gasteiger charge is 2.27. The van der Waals surface area contributed by atoms with Crippen LogP contribution >= 0.6 is 7.82 Å². The second-order valence-corrected chi connectivity index (χ2v) is 15.8. The average molecular weight is 688 g/mol. The molecule has 0 aliphatic carbocycles. The van der Waals surface area contributed by atoms with Crippen molar-refractivity contribution in [2.75, 3.05) is 40.9 Å². The van der Waals surface area contributed by atoms with Crippen molar-refractivity contribution in [3.63, 3.8) is 0 Å². The van der Waals surface area contributed by atoms with E-state index in [1.807, 2.05) is 27.2 Å². The van der Waals surface area contributed by atoms with Gasteiger partial charge in [0.25, 0.3) is 0 Å². The van der Waals surface area contributed by atoms with Gasteiger partial charge in [0.05, 0.1) is 39.9 Å². The van der Waals surface area contributed by atoms with Crippen LogP contribution in [-0.2, 0) is 18.4 Å². The van der Waals surface area contributed by atoms with Gasteiger partial charge in [0.2, 0.25) is 5.91 Å². The van der Waals surface area contributed by atoms with Crippen LogP contribution in [0.1, 0.15) is 162 Å². The van der Waals surface area contributed by atoms with Crippen LogP contribution in [0.2, 0.25) is 0 Å². The average Bonchev–Trinajstić information content (AvgIpc) is 3.01. The number of phosphoric acid groups is 1. The number of carbonyl (C=O) groups excluding carboxylic acids is 1. The summed E-state index contributed by atoms with van der Waals surface area (Å²) in [5.41, 5.74) is 0. The van der Waals surface area contributed by atoms with Gasteiger partial charge in [0.15, 0.2) is 0 Å². The monoisotopic (exact) mass is 688 g/mol. The van der Waals surface area contributed by atoms with Gasteiger partial charge in [0.1, 0.15) is 13.2 Å². The summed E-state index contributed by atoms with van der Waals surface area (Å²) in [6.07, 6.45) is 33.8. The maximum atomic E-state index is 12.8. The van der Waals surface area contributed by atoms with Crippen LogP contribution in [0.15, 0.2) is 24.3 Å². The molecule has 0 aromatic carbocycles. The Morgan fingerprint density at radius 2 is 1.17 bits per heavy atom. The molecule has 3 unspecified atom stereocenters. The molecule has 0 bridgehead atoms. The fraction of sp³-hybridized carbons (Fsp3) is 0.868. The maximum absolute atomic E-state index is 12.8. The van der Waals surface area contributed by atoms with Crippen molar-refractivity contribution >= 4 is 13.7 Å². The molecule has 0 aromatic heterocycles. The van der Waals surface area contributed by atoms with E-state index in [-0.39, 0.29) is 19.1 Å². The molecule has 0 rings (SSSR count). The minimum absolute atomic E-state index is 0.0605. The van der Waals surface area contributed by atoms with Crippen molar-refractivity contribution in [1.82, 2.24) is 5.32 Å². The van der Waals surface area contributed by atoms with Crippen LogP contribution < -0.4 is 5.32 Å². The Bertz CT molecular complexity index is 829. The molecule has 0 aliphatic rings. The van der Waals surface area contributed by atoms with Crippen LogP contribution in [0.25, 0.3) is 0 Å². The number of likely N-dealkylation sites (N-methyl/N-ethyl adjacent to an activating group) is 1. The van der Waals surface area contributed by atoms with Gasteiger partial charge >= 0.3 is 7.82 Å². The summed E-state index contributed by atoms with van der Waals surface area (Å²) in [5.74, 6) is -0.190. The topological polar surface area (TPSA) is 105 Å². The van der Waals surface area contributed by atoms with E-state index >= 15 is 0 Å². The summed E-state index contributed by atoms with van der Waals surface area (Å²) < 4.78 is 23.4. The van der Waals surface area contributed by atoms with E-state index in [4.69, 9.17) is 9.05 Å². The molecule has 0 spiro atoms. The molecule has 0 fully saturated rings. The molecule has 0 aliphatic heterocycles. The quantitative estimate of drug-likeness (QED) is 0.0269. The minimum Gasteiger partial charge on any atom is -0.387 e. The smallest absolute Gasteiger partial charge is 0.387 e. The number of aliphatic hydroxyl groups is 1. The van der Waals surface area contributed by atoms with E-state index in [9.17, 15) is 19.4 Å². The second-order valence-electron chi connectivity index (χ2n) is 14.3. The third-order valence-corrected chi connectivity index (χ3v) is 9.40. The molecule has 0 heterocycles. The van der Waals surface area contributed by atoms with Crippen LogP contribution in [-0.4, -0.2) is 73.4 Å². The summed E-state index contributed by atoms with van der Waals surface area (Å²) in [7, 11) is 1.56. The minimum atomic E-state index is -4.33. The first kappa shape index (κ1) is 46.0. The van der Waals surface area contributed by atoms with Gasteiger partial charge in [-0.15, -0.1) is 0 Å². The van der Waals surface area contributed by atoms with Gasteiger partial charge in [-0.3, -0.25) is 13.8 Å². The zero-order valence-corrected chi connectivity index (χ0v) is 32.2. The molecule has 0 radical (unpaired) electrons. The number of phosphoric ester groups is 1. The van der Waals surface area contributed by atoms with Crippen LogP contribution in [0.3, 0.4) is 0 Å². The van der Waals surface area contributed by atoms with E-state index in [0.29, 0.717) is 17.4 Å². The molecule has 3 N–H and O–H groups in total. The van der Waals surface area contributed by atoms with Gasteiger partial charge in [0, 0.05) is 6.42 Å². The van der Waals surface area contributed by atoms with Gasteiger partial charge < -0.3 is 19.8 Å². The number of nitrogens with one attached hydrogen (secondary N) is 1. The first-order valence-corrected chi connectivity index (χ1v) is 20.7. The summed E-state index contributed by atoms with van der Waals surface area (Å²) in [4.78, 5) is 22.9. The van der Waals surface area contributed by atoms with E-state index in [0.717, 1.165) is 51.4 Å². The molecule has 0 saturated heterocycles. The lowest BCUT2D eigenvalue weighted by Gasteiger charge is -2.25. The molecular formula is C38H76N2O6P+. The third kappa shape index (κ3) is 33.3. The van der Waals surface area contributed by atoms with Gasteiger partial charge in [-0.2, -0.15) is 0 Å². The summed E-state index contributed by atoms with van der Waals surface area (Å²) in [6.45, 7) is 4.74. The molecule has 278 valence electrons. The van der Waals surface area contributed by atoms with E-state index in [1.54, 1.807) is 6.08 Å². The highest BCUT2D eigenvalue weighted by atomic mass is 31.2. The number of hydrogen-bond donors (Lipinski definition) is 3. The first-order valence-electron chi connectivity index (χ1n) is 19.2. The number of allylic oxidation sites excluding steroid dienone is 3. The Morgan fingerprint density at radius 1 is 0.702 bits per heavy atom. The van der Waals surface area contributed by atoms with E-state index in [1.165, 1.54) is 89.9 Å². The zero-order chi connectivity index (χ0) is 35.1. The lowest BCUT2D eigenvalue weighted by Crippen LogP contribution is -2.45. The van der Waals surface area contributed by atoms with Crippen molar-refractivity contribution in [1.29, 1.82) is 0 Å². The fourth-order valence-corrected chi connectivity index (χ4v) is 5.99. The molecule has 3 atom stereocenters. The molecule has 0 saturated carbocycles. The first-order chi connectivity index (χ1) is 22.5. The fourth-order valence-electron chi connectivity index (χ4n) is 5.26. The SMILES string of the molecule is CCCC/C=C\CCCCCCCC(=O)NC(COP(=O)(O)OCC[N+](C)(C)C)C(O)/C=C/CCCCCCCCCCCCCC. The zero-order valence-electron chi connectivity index (χ0n) is 31.3. The van der Waals surface area contributed by atoms with Crippen LogP contribution in [0, 0.1) is 0 Å². The number of carbonyl (C=O) groups is 1. The number of nitrogens with zero attached hydrogens (tertiary/aromatic N) is 1. The molecular weight excluding hydrogens is 611 g/mol. The molecule has 8 nitrogen and oxygen atoms in total. The van der Waals surface area contributed by atoms with Gasteiger partial charge in [-0.1, -0.05) is 141 Å². The summed E-state index contributed by atoms with van der Waals surface area (Å²) >= 11 is 0. The number of unbranched alkanes of at least 4 members (excludes halogenated alkanes) is 19. The van der Waals surface area contributed by atoms with Gasteiger partial charge in [-0.05, 0) is 38.5 Å². The van der Waals surface area contributed by atoms with Gasteiger partial charge in [-0.25, -0.2) is 4.57 Å². The number of amides is 1. The largest absolute Gasteiger partial charge is 0.472 e. The molecule has 9 heteroatoms. The standard InChI is InChI=1S/C38H75N2O6P/c1-6-8-10-12-14-16-18-19-20-22-23-25-27-29-31-37(41)36(35-46-47(43,44)45-34-33-40(3,4)5)39-38(42)32-30-28-26-24-21-17-15-13-11-9-7-2/h13,15,29,31,36-37,41H,6-12,14,16-28,30,32-35H2,1-5H3,(H-,39,42,43,44)/p+1/b15-13-,31-29+. The number of aliphatic hydroxyl groups excluding tert-OH is 1. The van der Waals surface area contributed by atoms with E-state index < -0.39 is 20.0 Å². The lowest BCUT2D eigenvalue weighted by atomic mass is 10.0. The van der Waals surface area contributed by atoms with Crippen LogP contribution in [0.4, 0.5) is 0 Å². The molecule has 47 heavy (non-hydrogen) atoms. The third-order valence-electron chi connectivity index (χ3n) is 8.42. The highest BCUT2D eigenvalue weighted by molar-refractivity contribution is 7.47. The Hall–Kier alpha value is -1.02. The maximum Gasteiger partial charge on any atom is 0.472 e. The predicted octanol–water partition coefficient (Wildman–Crippen LogP) is 9.80. The molecule has 1 amide bonds. The van der Waals surface area contributed by atoms with Crippen molar-refractivity contribution in [3.05, 3.63) is 24.3 Å². The Labute approximate surface area is 290 Å². The summed E-state index contributed by atoms with van der Waals surface area (Å²) in [5, 5.41) is 13.7.